The van der Waals surface area contributed by atoms with E-state index in [1.807, 2.05) is 65.2 Å². The summed E-state index contributed by atoms with van der Waals surface area (Å²) in [4.78, 5) is 40.1. The number of rotatable bonds is 6. The molecule has 1 unspecified atom stereocenters. The standard InChI is InChI=1S/C28H28N4O3/c29-28(35)20-9-7-15-31(17-20)16-19-8-1-4-12-23(19)30-26(33)18-32-24-13-5-2-10-21(24)27(34)22-11-3-6-14-25(22)32/h1-6,8,10-14,20H,7,9,15-18H2,(H2,29,35)(H,30,33). The lowest BCUT2D eigenvalue weighted by Gasteiger charge is -2.31. The molecule has 178 valence electrons. The maximum atomic E-state index is 13.3. The Morgan fingerprint density at radius 1 is 0.914 bits per heavy atom. The van der Waals surface area contributed by atoms with E-state index < -0.39 is 0 Å². The predicted octanol–water partition coefficient (Wildman–Crippen LogP) is 3.49. The van der Waals surface area contributed by atoms with E-state index in [0.717, 1.165) is 41.7 Å². The Labute approximate surface area is 203 Å². The zero-order valence-electron chi connectivity index (χ0n) is 19.4. The molecule has 2 amide bonds. The molecule has 5 rings (SSSR count). The fourth-order valence-corrected chi connectivity index (χ4v) is 5.03. The normalized spacial score (nSPS) is 16.4. The fourth-order valence-electron chi connectivity index (χ4n) is 5.03. The van der Waals surface area contributed by atoms with Crippen LogP contribution in [0.3, 0.4) is 0 Å². The number of hydrogen-bond donors (Lipinski definition) is 2. The molecule has 1 saturated heterocycles. The lowest BCUT2D eigenvalue weighted by molar-refractivity contribution is -0.123. The third kappa shape index (κ3) is 4.68. The van der Waals surface area contributed by atoms with E-state index in [9.17, 15) is 14.4 Å². The number of nitrogens with two attached hydrogens (primary N) is 1. The van der Waals surface area contributed by atoms with Crippen LogP contribution in [0.5, 0.6) is 0 Å². The van der Waals surface area contributed by atoms with Crippen LogP contribution in [0.4, 0.5) is 5.69 Å². The molecule has 1 atom stereocenters. The quantitative estimate of drug-likeness (QED) is 0.423. The van der Waals surface area contributed by atoms with E-state index in [0.29, 0.717) is 23.9 Å². The summed E-state index contributed by atoms with van der Waals surface area (Å²) in [6.07, 6.45) is 1.75. The van der Waals surface area contributed by atoms with Crippen molar-refractivity contribution < 1.29 is 9.59 Å². The molecule has 7 nitrogen and oxygen atoms in total. The number of para-hydroxylation sites is 3. The van der Waals surface area contributed by atoms with Crippen molar-refractivity contribution in [3.05, 3.63) is 88.6 Å². The van der Waals surface area contributed by atoms with Gasteiger partial charge < -0.3 is 15.6 Å². The van der Waals surface area contributed by atoms with E-state index in [4.69, 9.17) is 5.73 Å². The van der Waals surface area contributed by atoms with Gasteiger partial charge in [-0.25, -0.2) is 0 Å². The zero-order valence-corrected chi connectivity index (χ0v) is 19.4. The summed E-state index contributed by atoms with van der Waals surface area (Å²) >= 11 is 0. The van der Waals surface area contributed by atoms with Crippen molar-refractivity contribution >= 4 is 39.3 Å². The van der Waals surface area contributed by atoms with Gasteiger partial charge in [-0.2, -0.15) is 0 Å². The molecule has 0 aliphatic carbocycles. The Hall–Kier alpha value is -3.97. The summed E-state index contributed by atoms with van der Waals surface area (Å²) in [5, 5.41) is 4.25. The van der Waals surface area contributed by atoms with Gasteiger partial charge in [0, 0.05) is 29.5 Å². The number of nitrogens with zero attached hydrogens (tertiary/aromatic N) is 2. The maximum absolute atomic E-state index is 13.3. The number of aromatic nitrogens is 1. The van der Waals surface area contributed by atoms with E-state index in [1.54, 1.807) is 12.1 Å². The van der Waals surface area contributed by atoms with Crippen LogP contribution in [-0.2, 0) is 22.7 Å². The van der Waals surface area contributed by atoms with E-state index in [-0.39, 0.29) is 29.7 Å². The Kier molecular flexibility index (Phi) is 6.33. The van der Waals surface area contributed by atoms with Crippen LogP contribution in [0.15, 0.2) is 77.6 Å². The minimum absolute atomic E-state index is 0.0333. The number of likely N-dealkylation sites (tertiary alicyclic amines) is 1. The third-order valence-electron chi connectivity index (χ3n) is 6.77. The summed E-state index contributed by atoms with van der Waals surface area (Å²) in [5.74, 6) is -0.561. The lowest BCUT2D eigenvalue weighted by Crippen LogP contribution is -2.40. The first-order valence-corrected chi connectivity index (χ1v) is 11.9. The number of pyridine rings is 1. The van der Waals surface area contributed by atoms with Crippen molar-refractivity contribution in [2.75, 3.05) is 18.4 Å². The minimum Gasteiger partial charge on any atom is -0.369 e. The smallest absolute Gasteiger partial charge is 0.244 e. The fraction of sp³-hybridized carbons (Fsp3) is 0.250. The highest BCUT2D eigenvalue weighted by Crippen LogP contribution is 2.23. The second kappa shape index (κ2) is 9.72. The summed E-state index contributed by atoms with van der Waals surface area (Å²) in [6, 6.07) is 22.5. The molecule has 1 aliphatic heterocycles. The van der Waals surface area contributed by atoms with Crippen molar-refractivity contribution in [1.82, 2.24) is 9.47 Å². The molecule has 0 bridgehead atoms. The Morgan fingerprint density at radius 3 is 2.23 bits per heavy atom. The second-order valence-electron chi connectivity index (χ2n) is 9.13. The van der Waals surface area contributed by atoms with Gasteiger partial charge in [-0.1, -0.05) is 42.5 Å². The molecule has 35 heavy (non-hydrogen) atoms. The topological polar surface area (TPSA) is 97.4 Å². The summed E-state index contributed by atoms with van der Waals surface area (Å²) in [5.41, 5.74) is 8.69. The van der Waals surface area contributed by atoms with E-state index in [1.165, 1.54) is 0 Å². The molecule has 0 spiro atoms. The number of anilines is 1. The van der Waals surface area contributed by atoms with Crippen molar-refractivity contribution in [2.45, 2.75) is 25.9 Å². The monoisotopic (exact) mass is 468 g/mol. The number of carbonyl (C=O) groups is 2. The predicted molar refractivity (Wildman–Crippen MR) is 138 cm³/mol. The zero-order chi connectivity index (χ0) is 24.4. The molecule has 1 aromatic heterocycles. The van der Waals surface area contributed by atoms with Gasteiger partial charge >= 0.3 is 0 Å². The van der Waals surface area contributed by atoms with Gasteiger partial charge in [0.05, 0.1) is 17.0 Å². The molecular formula is C28H28N4O3. The molecule has 0 radical (unpaired) electrons. The molecular weight excluding hydrogens is 440 g/mol. The number of nitrogens with one attached hydrogen (secondary N) is 1. The molecule has 1 fully saturated rings. The average Bonchev–Trinajstić information content (AvgIpc) is 2.88. The maximum Gasteiger partial charge on any atom is 0.244 e. The largest absolute Gasteiger partial charge is 0.369 e. The van der Waals surface area contributed by atoms with Crippen LogP contribution in [-0.4, -0.2) is 34.4 Å². The Bertz CT molecular complexity index is 1420. The number of primary amides is 1. The second-order valence-corrected chi connectivity index (χ2v) is 9.13. The van der Waals surface area contributed by atoms with Crippen LogP contribution in [0, 0.1) is 5.92 Å². The molecule has 0 saturated carbocycles. The van der Waals surface area contributed by atoms with Gasteiger partial charge in [0.25, 0.3) is 0 Å². The summed E-state index contributed by atoms with van der Waals surface area (Å²) < 4.78 is 1.89. The van der Waals surface area contributed by atoms with E-state index in [2.05, 4.69) is 10.2 Å². The number of fused-ring (bicyclic) bond motifs is 2. The molecule has 3 N–H and O–H groups in total. The first-order valence-electron chi connectivity index (χ1n) is 11.9. The summed E-state index contributed by atoms with van der Waals surface area (Å²) in [7, 11) is 0. The number of hydrogen-bond acceptors (Lipinski definition) is 4. The van der Waals surface area contributed by atoms with Gasteiger partial charge in [-0.15, -0.1) is 0 Å². The van der Waals surface area contributed by atoms with Gasteiger partial charge in [0.2, 0.25) is 11.8 Å². The van der Waals surface area contributed by atoms with Crippen molar-refractivity contribution in [3.63, 3.8) is 0 Å². The van der Waals surface area contributed by atoms with Gasteiger partial charge in [-0.05, 0) is 55.3 Å². The average molecular weight is 469 g/mol. The first kappa shape index (κ1) is 22.8. The number of amides is 2. The first-order chi connectivity index (χ1) is 17.0. The molecule has 2 heterocycles. The third-order valence-corrected chi connectivity index (χ3v) is 6.77. The molecule has 4 aromatic rings. The molecule has 7 heteroatoms. The number of piperidine rings is 1. The van der Waals surface area contributed by atoms with E-state index >= 15 is 0 Å². The highest BCUT2D eigenvalue weighted by atomic mass is 16.2. The van der Waals surface area contributed by atoms with Gasteiger partial charge in [-0.3, -0.25) is 19.3 Å². The van der Waals surface area contributed by atoms with Gasteiger partial charge in [0.1, 0.15) is 6.54 Å². The summed E-state index contributed by atoms with van der Waals surface area (Å²) in [6.45, 7) is 2.22. The minimum atomic E-state index is -0.253. The molecule has 1 aliphatic rings. The number of carbonyl (C=O) groups excluding carboxylic acids is 2. The number of benzene rings is 3. The van der Waals surface area contributed by atoms with Crippen molar-refractivity contribution in [1.29, 1.82) is 0 Å². The van der Waals surface area contributed by atoms with Crippen molar-refractivity contribution in [2.24, 2.45) is 11.7 Å². The van der Waals surface area contributed by atoms with Gasteiger partial charge in [0.15, 0.2) is 5.43 Å². The lowest BCUT2D eigenvalue weighted by atomic mass is 9.97. The van der Waals surface area contributed by atoms with Crippen molar-refractivity contribution in [3.8, 4) is 0 Å². The SMILES string of the molecule is NC(=O)C1CCCN(Cc2ccccc2NC(=O)Cn2c3ccccc3c(=O)c3ccccc32)C1. The van der Waals surface area contributed by atoms with Crippen LogP contribution in [0.25, 0.3) is 21.8 Å². The highest BCUT2D eigenvalue weighted by Gasteiger charge is 2.24. The van der Waals surface area contributed by atoms with Crippen LogP contribution >= 0.6 is 0 Å². The van der Waals surface area contributed by atoms with Crippen LogP contribution < -0.4 is 16.5 Å². The Morgan fingerprint density at radius 2 is 1.54 bits per heavy atom. The highest BCUT2D eigenvalue weighted by molar-refractivity contribution is 5.97. The van der Waals surface area contributed by atoms with Crippen LogP contribution in [0.2, 0.25) is 0 Å². The molecule has 3 aromatic carbocycles. The Balaban J connectivity index is 1.41. The van der Waals surface area contributed by atoms with Crippen LogP contribution in [0.1, 0.15) is 18.4 Å².